The van der Waals surface area contributed by atoms with Crippen LogP contribution in [-0.2, 0) is 6.54 Å². The van der Waals surface area contributed by atoms with Gasteiger partial charge in [-0.2, -0.15) is 5.10 Å². The van der Waals surface area contributed by atoms with Crippen LogP contribution in [0.15, 0.2) is 12.1 Å². The summed E-state index contributed by atoms with van der Waals surface area (Å²) in [6.45, 7) is 8.91. The molecule has 0 saturated carbocycles. The van der Waals surface area contributed by atoms with Crippen molar-refractivity contribution >= 4 is 0 Å². The van der Waals surface area contributed by atoms with Gasteiger partial charge in [-0.15, -0.1) is 0 Å². The maximum atomic E-state index is 5.75. The van der Waals surface area contributed by atoms with E-state index in [0.717, 1.165) is 11.4 Å². The van der Waals surface area contributed by atoms with E-state index in [-0.39, 0.29) is 0 Å². The summed E-state index contributed by atoms with van der Waals surface area (Å²) in [7, 11) is 0. The molecule has 0 aliphatic heterocycles. The molecule has 2 rings (SSSR count). The van der Waals surface area contributed by atoms with Crippen molar-refractivity contribution in [3.63, 3.8) is 0 Å². The van der Waals surface area contributed by atoms with Crippen LogP contribution in [0.1, 0.15) is 28.1 Å². The molecule has 3 heteroatoms. The summed E-state index contributed by atoms with van der Waals surface area (Å²) in [4.78, 5) is 0. The lowest BCUT2D eigenvalue weighted by Gasteiger charge is -2.12. The Balaban J connectivity index is 2.72. The van der Waals surface area contributed by atoms with E-state index in [2.05, 4.69) is 43.1 Å². The molecule has 0 unspecified atom stereocenters. The van der Waals surface area contributed by atoms with Gasteiger partial charge in [-0.05, 0) is 44.4 Å². The van der Waals surface area contributed by atoms with Crippen LogP contribution in [0.4, 0.5) is 0 Å². The number of hydrogen-bond acceptors (Lipinski definition) is 2. The lowest BCUT2D eigenvalue weighted by Crippen LogP contribution is -2.00. The van der Waals surface area contributed by atoms with Gasteiger partial charge in [0, 0.05) is 17.8 Å². The molecule has 0 saturated heterocycles. The molecule has 0 amide bonds. The minimum Gasteiger partial charge on any atom is -0.325 e. The van der Waals surface area contributed by atoms with E-state index in [1.54, 1.807) is 0 Å². The first-order valence-electron chi connectivity index (χ1n) is 5.86. The fourth-order valence-electron chi connectivity index (χ4n) is 2.53. The minimum atomic E-state index is 0.465. The van der Waals surface area contributed by atoms with Crippen LogP contribution in [0.2, 0.25) is 0 Å². The summed E-state index contributed by atoms with van der Waals surface area (Å²) < 4.78 is 0. The van der Waals surface area contributed by atoms with Gasteiger partial charge in [0.1, 0.15) is 0 Å². The van der Waals surface area contributed by atoms with Crippen molar-refractivity contribution in [3.8, 4) is 11.1 Å². The molecule has 0 atom stereocenters. The minimum absolute atomic E-state index is 0.465. The van der Waals surface area contributed by atoms with Crippen molar-refractivity contribution in [2.45, 2.75) is 34.2 Å². The second-order valence-electron chi connectivity index (χ2n) is 4.65. The molecule has 0 radical (unpaired) electrons. The average Bonchev–Trinajstić information content (AvgIpc) is 2.59. The van der Waals surface area contributed by atoms with Crippen LogP contribution in [0.25, 0.3) is 11.1 Å². The van der Waals surface area contributed by atoms with Crippen molar-refractivity contribution in [2.24, 2.45) is 5.73 Å². The van der Waals surface area contributed by atoms with Gasteiger partial charge in [-0.3, -0.25) is 5.10 Å². The largest absolute Gasteiger partial charge is 0.325 e. The highest BCUT2D eigenvalue weighted by Gasteiger charge is 2.15. The second kappa shape index (κ2) is 4.34. The summed E-state index contributed by atoms with van der Waals surface area (Å²) in [5.41, 5.74) is 14.1. The predicted molar refractivity (Wildman–Crippen MR) is 70.9 cm³/mol. The summed E-state index contributed by atoms with van der Waals surface area (Å²) >= 11 is 0. The van der Waals surface area contributed by atoms with E-state index in [0.29, 0.717) is 6.54 Å². The van der Waals surface area contributed by atoms with Crippen LogP contribution in [0, 0.1) is 27.7 Å². The molecular weight excluding hydrogens is 210 g/mol. The first-order valence-corrected chi connectivity index (χ1v) is 5.86. The summed E-state index contributed by atoms with van der Waals surface area (Å²) in [6, 6.07) is 4.41. The van der Waals surface area contributed by atoms with Crippen molar-refractivity contribution in [2.75, 3.05) is 0 Å². The Morgan fingerprint density at radius 1 is 1.06 bits per heavy atom. The van der Waals surface area contributed by atoms with Crippen molar-refractivity contribution in [3.05, 3.63) is 40.2 Å². The maximum absolute atomic E-state index is 5.75. The zero-order valence-corrected chi connectivity index (χ0v) is 10.9. The Labute approximate surface area is 102 Å². The molecule has 0 aliphatic carbocycles. The molecule has 0 fully saturated rings. The molecule has 0 bridgehead atoms. The summed E-state index contributed by atoms with van der Waals surface area (Å²) in [5, 5.41) is 7.29. The summed E-state index contributed by atoms with van der Waals surface area (Å²) in [5.74, 6) is 0. The number of aromatic amines is 1. The number of rotatable bonds is 2. The Hall–Kier alpha value is -1.61. The lowest BCUT2D eigenvalue weighted by molar-refractivity contribution is 0.939. The number of hydrogen-bond donors (Lipinski definition) is 2. The van der Waals surface area contributed by atoms with Gasteiger partial charge in [-0.1, -0.05) is 17.7 Å². The van der Waals surface area contributed by atoms with E-state index in [9.17, 15) is 0 Å². The molecule has 17 heavy (non-hydrogen) atoms. The van der Waals surface area contributed by atoms with E-state index in [1.807, 2.05) is 6.92 Å². The average molecular weight is 229 g/mol. The number of H-pyrrole nitrogens is 1. The van der Waals surface area contributed by atoms with Gasteiger partial charge in [0.2, 0.25) is 0 Å². The standard InChI is InChI=1S/C14H19N3/c1-8-5-9(2)13(10(3)6-8)14-11(4)16-17-12(14)7-15/h5-6H,7,15H2,1-4H3,(H,16,17). The Kier molecular flexibility index (Phi) is 3.03. The molecular formula is C14H19N3. The summed E-state index contributed by atoms with van der Waals surface area (Å²) in [6.07, 6.45) is 0. The van der Waals surface area contributed by atoms with Crippen LogP contribution in [-0.4, -0.2) is 10.2 Å². The SMILES string of the molecule is Cc1cc(C)c(-c2c(CN)n[nH]c2C)c(C)c1. The number of nitrogens with two attached hydrogens (primary N) is 1. The molecule has 90 valence electrons. The highest BCUT2D eigenvalue weighted by atomic mass is 15.1. The third-order valence-corrected chi connectivity index (χ3v) is 3.14. The quantitative estimate of drug-likeness (QED) is 0.832. The van der Waals surface area contributed by atoms with Gasteiger partial charge >= 0.3 is 0 Å². The number of nitrogens with zero attached hydrogens (tertiary/aromatic N) is 1. The Morgan fingerprint density at radius 2 is 1.65 bits per heavy atom. The van der Waals surface area contributed by atoms with Crippen LogP contribution in [0.3, 0.4) is 0 Å². The van der Waals surface area contributed by atoms with Crippen molar-refractivity contribution in [1.29, 1.82) is 0 Å². The zero-order chi connectivity index (χ0) is 12.6. The third-order valence-electron chi connectivity index (χ3n) is 3.14. The smallest absolute Gasteiger partial charge is 0.0839 e. The van der Waals surface area contributed by atoms with Gasteiger partial charge in [0.15, 0.2) is 0 Å². The van der Waals surface area contributed by atoms with E-state index in [1.165, 1.54) is 27.8 Å². The normalized spacial score (nSPS) is 10.9. The Bertz CT molecular complexity index is 530. The van der Waals surface area contributed by atoms with Gasteiger partial charge in [0.25, 0.3) is 0 Å². The highest BCUT2D eigenvalue weighted by Crippen LogP contribution is 2.32. The van der Waals surface area contributed by atoms with Gasteiger partial charge in [-0.25, -0.2) is 0 Å². The molecule has 2 aromatic rings. The number of benzene rings is 1. The zero-order valence-electron chi connectivity index (χ0n) is 10.9. The van der Waals surface area contributed by atoms with Crippen LogP contribution in [0.5, 0.6) is 0 Å². The van der Waals surface area contributed by atoms with Crippen molar-refractivity contribution in [1.82, 2.24) is 10.2 Å². The predicted octanol–water partition coefficient (Wildman–Crippen LogP) is 2.77. The van der Waals surface area contributed by atoms with Crippen LogP contribution >= 0.6 is 0 Å². The molecule has 1 aromatic heterocycles. The molecule has 3 nitrogen and oxygen atoms in total. The van der Waals surface area contributed by atoms with E-state index in [4.69, 9.17) is 5.73 Å². The first kappa shape index (κ1) is 11.9. The maximum Gasteiger partial charge on any atom is 0.0839 e. The lowest BCUT2D eigenvalue weighted by atomic mass is 9.92. The molecule has 3 N–H and O–H groups in total. The molecule has 1 aromatic carbocycles. The van der Waals surface area contributed by atoms with Crippen LogP contribution < -0.4 is 5.73 Å². The van der Waals surface area contributed by atoms with E-state index < -0.39 is 0 Å². The fourth-order valence-corrected chi connectivity index (χ4v) is 2.53. The number of nitrogens with one attached hydrogen (secondary N) is 1. The molecule has 0 aliphatic rings. The Morgan fingerprint density at radius 3 is 2.18 bits per heavy atom. The second-order valence-corrected chi connectivity index (χ2v) is 4.65. The monoisotopic (exact) mass is 229 g/mol. The van der Waals surface area contributed by atoms with Gasteiger partial charge in [0.05, 0.1) is 5.69 Å². The van der Waals surface area contributed by atoms with E-state index >= 15 is 0 Å². The molecule has 1 heterocycles. The van der Waals surface area contributed by atoms with Crippen molar-refractivity contribution < 1.29 is 0 Å². The highest BCUT2D eigenvalue weighted by molar-refractivity contribution is 5.75. The fraction of sp³-hybridized carbons (Fsp3) is 0.357. The first-order chi connectivity index (χ1) is 8.04. The molecule has 0 spiro atoms. The number of aromatic nitrogens is 2. The third kappa shape index (κ3) is 1.98. The topological polar surface area (TPSA) is 54.7 Å². The van der Waals surface area contributed by atoms with Gasteiger partial charge < -0.3 is 5.73 Å². The number of aryl methyl sites for hydroxylation is 4.